The molecule has 2 aromatic rings. The highest BCUT2D eigenvalue weighted by atomic mass is 16.5. The third-order valence-corrected chi connectivity index (χ3v) is 3.61. The van der Waals surface area contributed by atoms with E-state index in [0.29, 0.717) is 36.5 Å². The number of nitrogens with one attached hydrogen (secondary N) is 1. The summed E-state index contributed by atoms with van der Waals surface area (Å²) in [6, 6.07) is 3.36. The van der Waals surface area contributed by atoms with Gasteiger partial charge in [-0.2, -0.15) is 0 Å². The van der Waals surface area contributed by atoms with Crippen molar-refractivity contribution in [3.63, 3.8) is 0 Å². The molecule has 2 aromatic heterocycles. The van der Waals surface area contributed by atoms with Gasteiger partial charge in [-0.05, 0) is 12.1 Å². The van der Waals surface area contributed by atoms with Crippen molar-refractivity contribution in [2.24, 2.45) is 0 Å². The predicted molar refractivity (Wildman–Crippen MR) is 81.9 cm³/mol. The average molecular weight is 315 g/mol. The first-order valence-electron chi connectivity index (χ1n) is 7.21. The molecule has 1 aliphatic heterocycles. The molecule has 8 nitrogen and oxygen atoms in total. The van der Waals surface area contributed by atoms with Crippen molar-refractivity contribution >= 4 is 17.6 Å². The highest BCUT2D eigenvalue weighted by Gasteiger charge is 2.30. The summed E-state index contributed by atoms with van der Waals surface area (Å²) in [4.78, 5) is 31.6. The van der Waals surface area contributed by atoms with Crippen LogP contribution < -0.4 is 5.32 Å². The van der Waals surface area contributed by atoms with Crippen molar-refractivity contribution < 1.29 is 14.1 Å². The number of nitrogens with zero attached hydrogens (tertiary/aromatic N) is 4. The fraction of sp³-hybridized carbons (Fsp3) is 0.333. The van der Waals surface area contributed by atoms with Crippen molar-refractivity contribution in [2.75, 3.05) is 26.0 Å². The highest BCUT2D eigenvalue weighted by Crippen LogP contribution is 2.23. The van der Waals surface area contributed by atoms with E-state index >= 15 is 0 Å². The van der Waals surface area contributed by atoms with Gasteiger partial charge < -0.3 is 19.6 Å². The maximum atomic E-state index is 12.4. The maximum absolute atomic E-state index is 12.4. The van der Waals surface area contributed by atoms with Crippen LogP contribution in [0.5, 0.6) is 0 Å². The van der Waals surface area contributed by atoms with E-state index < -0.39 is 0 Å². The molecule has 0 spiro atoms. The summed E-state index contributed by atoms with van der Waals surface area (Å²) in [5, 5.41) is 6.60. The first-order valence-corrected chi connectivity index (χ1v) is 7.21. The molecule has 1 aliphatic rings. The molecular formula is C15H17N5O3. The molecule has 1 N–H and O–H groups in total. The van der Waals surface area contributed by atoms with Crippen LogP contribution in [0.3, 0.4) is 0 Å². The van der Waals surface area contributed by atoms with Crippen LogP contribution in [-0.4, -0.2) is 52.5 Å². The number of pyridine rings is 1. The topological polar surface area (TPSA) is 91.6 Å². The zero-order valence-electron chi connectivity index (χ0n) is 12.9. The summed E-state index contributed by atoms with van der Waals surface area (Å²) >= 11 is 0. The van der Waals surface area contributed by atoms with Crippen LogP contribution in [-0.2, 0) is 13.0 Å². The minimum absolute atomic E-state index is 0.101. The Morgan fingerprint density at radius 1 is 1.39 bits per heavy atom. The fourth-order valence-electron chi connectivity index (χ4n) is 2.46. The number of fused-ring (bicyclic) bond motifs is 1. The second-order valence-electron chi connectivity index (χ2n) is 5.48. The van der Waals surface area contributed by atoms with E-state index in [1.165, 1.54) is 4.90 Å². The third-order valence-electron chi connectivity index (χ3n) is 3.61. The Kier molecular flexibility index (Phi) is 3.96. The van der Waals surface area contributed by atoms with Crippen molar-refractivity contribution in [2.45, 2.75) is 13.0 Å². The Morgan fingerprint density at radius 3 is 2.91 bits per heavy atom. The van der Waals surface area contributed by atoms with Crippen LogP contribution in [0.4, 0.5) is 10.5 Å². The standard InChI is InChI=1S/C15H17N5O3/c1-19(2)15(22)20-7-5-12-11(9-20)13(18-23-12)14(21)17-10-4-3-6-16-8-10/h3-4,6,8H,5,7,9H2,1-2H3,(H,17,21). The quantitative estimate of drug-likeness (QED) is 0.903. The van der Waals surface area contributed by atoms with Crippen LogP contribution in [0, 0.1) is 0 Å². The van der Waals surface area contributed by atoms with E-state index in [-0.39, 0.29) is 17.6 Å². The molecule has 3 rings (SSSR count). The molecule has 0 aliphatic carbocycles. The van der Waals surface area contributed by atoms with Gasteiger partial charge in [-0.3, -0.25) is 9.78 Å². The maximum Gasteiger partial charge on any atom is 0.319 e. The van der Waals surface area contributed by atoms with Gasteiger partial charge in [-0.25, -0.2) is 4.79 Å². The molecule has 3 heterocycles. The van der Waals surface area contributed by atoms with Crippen LogP contribution in [0.15, 0.2) is 29.0 Å². The molecule has 8 heteroatoms. The van der Waals surface area contributed by atoms with Gasteiger partial charge >= 0.3 is 6.03 Å². The van der Waals surface area contributed by atoms with Crippen LogP contribution in [0.1, 0.15) is 21.8 Å². The van der Waals surface area contributed by atoms with Gasteiger partial charge in [0, 0.05) is 38.8 Å². The van der Waals surface area contributed by atoms with E-state index in [0.717, 1.165) is 0 Å². The molecule has 0 unspecified atom stereocenters. The van der Waals surface area contributed by atoms with Crippen molar-refractivity contribution in [3.05, 3.63) is 41.5 Å². The molecule has 0 radical (unpaired) electrons. The van der Waals surface area contributed by atoms with E-state index in [4.69, 9.17) is 4.52 Å². The Labute approximate surface area is 133 Å². The number of carbonyl (C=O) groups is 2. The minimum atomic E-state index is -0.373. The number of hydrogen-bond acceptors (Lipinski definition) is 5. The van der Waals surface area contributed by atoms with Crippen molar-refractivity contribution in [3.8, 4) is 0 Å². The lowest BCUT2D eigenvalue weighted by Gasteiger charge is -2.28. The van der Waals surface area contributed by atoms with Gasteiger partial charge in [0.2, 0.25) is 0 Å². The van der Waals surface area contributed by atoms with E-state index in [2.05, 4.69) is 15.5 Å². The van der Waals surface area contributed by atoms with Gasteiger partial charge in [0.25, 0.3) is 5.91 Å². The number of rotatable bonds is 2. The lowest BCUT2D eigenvalue weighted by Crippen LogP contribution is -2.42. The molecule has 3 amide bonds. The van der Waals surface area contributed by atoms with Gasteiger partial charge in [0.1, 0.15) is 5.76 Å². The zero-order chi connectivity index (χ0) is 16.4. The highest BCUT2D eigenvalue weighted by molar-refractivity contribution is 6.03. The first-order chi connectivity index (χ1) is 11.1. The van der Waals surface area contributed by atoms with E-state index in [1.807, 2.05) is 0 Å². The average Bonchev–Trinajstić information content (AvgIpc) is 2.98. The monoisotopic (exact) mass is 315 g/mol. The normalized spacial score (nSPS) is 13.4. The molecule has 0 atom stereocenters. The lowest BCUT2D eigenvalue weighted by molar-refractivity contribution is 0.101. The Hall–Kier alpha value is -2.90. The van der Waals surface area contributed by atoms with Crippen LogP contribution >= 0.6 is 0 Å². The summed E-state index contributed by atoms with van der Waals surface area (Å²) in [6.07, 6.45) is 3.72. The molecule has 0 fully saturated rings. The molecule has 120 valence electrons. The molecular weight excluding hydrogens is 298 g/mol. The summed E-state index contributed by atoms with van der Waals surface area (Å²) in [5.41, 5.74) is 1.44. The van der Waals surface area contributed by atoms with Crippen molar-refractivity contribution in [1.82, 2.24) is 19.9 Å². The molecule has 0 saturated heterocycles. The SMILES string of the molecule is CN(C)C(=O)N1CCc2onc(C(=O)Nc3cccnc3)c2C1. The molecule has 0 saturated carbocycles. The predicted octanol–water partition coefficient (Wildman–Crippen LogP) is 1.36. The molecule has 0 aromatic carbocycles. The minimum Gasteiger partial charge on any atom is -0.360 e. The fourth-order valence-corrected chi connectivity index (χ4v) is 2.46. The second kappa shape index (κ2) is 6.07. The van der Waals surface area contributed by atoms with Gasteiger partial charge in [0.15, 0.2) is 5.69 Å². The van der Waals surface area contributed by atoms with Crippen LogP contribution in [0.2, 0.25) is 0 Å². The summed E-state index contributed by atoms with van der Waals surface area (Å²) < 4.78 is 5.26. The number of hydrogen-bond donors (Lipinski definition) is 1. The van der Waals surface area contributed by atoms with Crippen molar-refractivity contribution in [1.29, 1.82) is 0 Å². The number of urea groups is 1. The van der Waals surface area contributed by atoms with E-state index in [1.54, 1.807) is 43.5 Å². The summed E-state index contributed by atoms with van der Waals surface area (Å²) in [7, 11) is 3.39. The summed E-state index contributed by atoms with van der Waals surface area (Å²) in [5.74, 6) is 0.284. The first kappa shape index (κ1) is 15.0. The number of amides is 3. The number of carbonyl (C=O) groups excluding carboxylic acids is 2. The number of aromatic nitrogens is 2. The molecule has 0 bridgehead atoms. The second-order valence-corrected chi connectivity index (χ2v) is 5.48. The van der Waals surface area contributed by atoms with Gasteiger partial charge in [-0.15, -0.1) is 0 Å². The molecule has 23 heavy (non-hydrogen) atoms. The van der Waals surface area contributed by atoms with Gasteiger partial charge in [-0.1, -0.05) is 5.16 Å². The Balaban J connectivity index is 1.80. The summed E-state index contributed by atoms with van der Waals surface area (Å²) in [6.45, 7) is 0.856. The Bertz CT molecular complexity index is 726. The smallest absolute Gasteiger partial charge is 0.319 e. The van der Waals surface area contributed by atoms with Crippen LogP contribution in [0.25, 0.3) is 0 Å². The zero-order valence-corrected chi connectivity index (χ0v) is 12.9. The lowest BCUT2D eigenvalue weighted by atomic mass is 10.1. The van der Waals surface area contributed by atoms with E-state index in [9.17, 15) is 9.59 Å². The number of anilines is 1. The Morgan fingerprint density at radius 2 is 2.22 bits per heavy atom. The third kappa shape index (κ3) is 3.01. The largest absolute Gasteiger partial charge is 0.360 e. The van der Waals surface area contributed by atoms with Gasteiger partial charge in [0.05, 0.1) is 18.4 Å².